The third kappa shape index (κ3) is 1.85. The van der Waals surface area contributed by atoms with Gasteiger partial charge in [0.2, 0.25) is 5.78 Å². The standard InChI is InChI=1S/C10H6BrCl2NO2/c11-5-1-2-6(9(13)8(5)12)14-4-3-7(15)10(14)16/h1-2H,3-4H2. The molecule has 0 radical (unpaired) electrons. The Morgan fingerprint density at radius 2 is 1.88 bits per heavy atom. The number of Topliss-reactive ketones (excluding diaryl/α,β-unsaturated/α-hetero) is 1. The quantitative estimate of drug-likeness (QED) is 0.588. The number of nitrogens with zero attached hydrogens (tertiary/aromatic N) is 1. The third-order valence-corrected chi connectivity index (χ3v) is 4.11. The molecular weight excluding hydrogens is 317 g/mol. The van der Waals surface area contributed by atoms with Crippen molar-refractivity contribution in [1.82, 2.24) is 0 Å². The van der Waals surface area contributed by atoms with E-state index >= 15 is 0 Å². The molecule has 1 aromatic carbocycles. The minimum absolute atomic E-state index is 0.225. The lowest BCUT2D eigenvalue weighted by molar-refractivity contribution is -0.133. The number of benzene rings is 1. The predicted molar refractivity (Wildman–Crippen MR) is 66.1 cm³/mol. The molecule has 1 aliphatic heterocycles. The zero-order valence-corrected chi connectivity index (χ0v) is 11.1. The van der Waals surface area contributed by atoms with E-state index in [-0.39, 0.29) is 11.4 Å². The van der Waals surface area contributed by atoms with E-state index in [1.54, 1.807) is 12.1 Å². The second-order valence-electron chi connectivity index (χ2n) is 3.32. The van der Waals surface area contributed by atoms with Gasteiger partial charge in [-0.3, -0.25) is 9.59 Å². The monoisotopic (exact) mass is 321 g/mol. The summed E-state index contributed by atoms with van der Waals surface area (Å²) in [5.74, 6) is -0.921. The van der Waals surface area contributed by atoms with Crippen molar-refractivity contribution < 1.29 is 9.59 Å². The molecule has 1 heterocycles. The van der Waals surface area contributed by atoms with Crippen LogP contribution in [0.4, 0.5) is 5.69 Å². The van der Waals surface area contributed by atoms with Crippen LogP contribution in [0.15, 0.2) is 16.6 Å². The molecule has 0 N–H and O–H groups in total. The molecule has 1 aliphatic rings. The largest absolute Gasteiger partial charge is 0.304 e. The highest BCUT2D eigenvalue weighted by atomic mass is 79.9. The van der Waals surface area contributed by atoms with Gasteiger partial charge in [0.1, 0.15) is 0 Å². The zero-order valence-electron chi connectivity index (χ0n) is 7.97. The molecule has 1 fully saturated rings. The van der Waals surface area contributed by atoms with E-state index in [0.29, 0.717) is 21.7 Å². The number of rotatable bonds is 1. The van der Waals surface area contributed by atoms with Crippen LogP contribution in [0, 0.1) is 0 Å². The van der Waals surface area contributed by atoms with Crippen molar-refractivity contribution in [3.63, 3.8) is 0 Å². The normalized spacial score (nSPS) is 16.1. The van der Waals surface area contributed by atoms with Gasteiger partial charge in [-0.15, -0.1) is 0 Å². The van der Waals surface area contributed by atoms with Crippen LogP contribution in [0.5, 0.6) is 0 Å². The van der Waals surface area contributed by atoms with Crippen LogP contribution in [0.25, 0.3) is 0 Å². The van der Waals surface area contributed by atoms with Crippen molar-refractivity contribution in [1.29, 1.82) is 0 Å². The maximum Gasteiger partial charge on any atom is 0.294 e. The molecule has 0 spiro atoms. The molecule has 0 saturated carbocycles. The Labute approximate surface area is 110 Å². The molecule has 0 aliphatic carbocycles. The molecule has 0 unspecified atom stereocenters. The molecule has 0 aromatic heterocycles. The molecule has 1 aromatic rings. The summed E-state index contributed by atoms with van der Waals surface area (Å²) in [7, 11) is 0. The van der Waals surface area contributed by atoms with Gasteiger partial charge in [-0.1, -0.05) is 23.2 Å². The molecule has 16 heavy (non-hydrogen) atoms. The number of halogens is 3. The Morgan fingerprint density at radius 3 is 2.44 bits per heavy atom. The van der Waals surface area contributed by atoms with E-state index in [9.17, 15) is 9.59 Å². The van der Waals surface area contributed by atoms with E-state index in [2.05, 4.69) is 15.9 Å². The second kappa shape index (κ2) is 4.35. The lowest BCUT2D eigenvalue weighted by Gasteiger charge is -2.17. The molecule has 3 nitrogen and oxygen atoms in total. The van der Waals surface area contributed by atoms with Gasteiger partial charge in [0.25, 0.3) is 5.91 Å². The van der Waals surface area contributed by atoms with Crippen molar-refractivity contribution >= 4 is 56.5 Å². The summed E-state index contributed by atoms with van der Waals surface area (Å²) in [6.45, 7) is 0.356. The highest BCUT2D eigenvalue weighted by molar-refractivity contribution is 9.10. The Morgan fingerprint density at radius 1 is 1.19 bits per heavy atom. The number of amides is 1. The maximum absolute atomic E-state index is 11.5. The summed E-state index contributed by atoms with van der Waals surface area (Å²) < 4.78 is 0.654. The summed E-state index contributed by atoms with van der Waals surface area (Å²) >= 11 is 15.2. The Hall–Kier alpha value is -0.580. The third-order valence-electron chi connectivity index (χ3n) is 2.35. The van der Waals surface area contributed by atoms with E-state index in [4.69, 9.17) is 23.2 Å². The van der Waals surface area contributed by atoms with E-state index in [0.717, 1.165) is 0 Å². The van der Waals surface area contributed by atoms with Crippen LogP contribution in [-0.4, -0.2) is 18.2 Å². The smallest absolute Gasteiger partial charge is 0.294 e. The molecule has 6 heteroatoms. The van der Waals surface area contributed by atoms with Crippen LogP contribution < -0.4 is 4.90 Å². The van der Waals surface area contributed by atoms with Crippen molar-refractivity contribution in [2.75, 3.05) is 11.4 Å². The molecule has 0 bridgehead atoms. The average molecular weight is 323 g/mol. The van der Waals surface area contributed by atoms with Gasteiger partial charge >= 0.3 is 0 Å². The minimum atomic E-state index is -0.528. The first-order valence-electron chi connectivity index (χ1n) is 4.50. The number of ketones is 1. The molecular formula is C10H6BrCl2NO2. The number of hydrogen-bond acceptors (Lipinski definition) is 2. The average Bonchev–Trinajstić information content (AvgIpc) is 2.58. The van der Waals surface area contributed by atoms with Crippen molar-refractivity contribution in [2.24, 2.45) is 0 Å². The van der Waals surface area contributed by atoms with Crippen LogP contribution >= 0.6 is 39.1 Å². The van der Waals surface area contributed by atoms with Gasteiger partial charge in [-0.25, -0.2) is 0 Å². The summed E-state index contributed by atoms with van der Waals surface area (Å²) in [5, 5.41) is 0.616. The van der Waals surface area contributed by atoms with E-state index in [1.165, 1.54) is 4.90 Å². The first-order valence-corrected chi connectivity index (χ1v) is 6.05. The topological polar surface area (TPSA) is 37.4 Å². The van der Waals surface area contributed by atoms with Gasteiger partial charge in [-0.05, 0) is 28.1 Å². The molecule has 2 rings (SSSR count). The summed E-state index contributed by atoms with van der Waals surface area (Å²) in [6.07, 6.45) is 0.225. The maximum atomic E-state index is 11.5. The van der Waals surface area contributed by atoms with Gasteiger partial charge < -0.3 is 4.90 Å². The number of carbonyl (C=O) groups excluding carboxylic acids is 2. The van der Waals surface area contributed by atoms with Gasteiger partial charge in [-0.2, -0.15) is 0 Å². The van der Waals surface area contributed by atoms with Crippen LogP contribution in [0.1, 0.15) is 6.42 Å². The number of anilines is 1. The first-order chi connectivity index (χ1) is 7.52. The molecule has 1 saturated heterocycles. The van der Waals surface area contributed by atoms with Crippen molar-refractivity contribution in [3.05, 3.63) is 26.7 Å². The first kappa shape index (κ1) is 11.9. The van der Waals surface area contributed by atoms with Crippen LogP contribution in [0.2, 0.25) is 10.0 Å². The lowest BCUT2D eigenvalue weighted by atomic mass is 10.3. The Kier molecular flexibility index (Phi) is 3.24. The minimum Gasteiger partial charge on any atom is -0.304 e. The lowest BCUT2D eigenvalue weighted by Crippen LogP contribution is -2.27. The SMILES string of the molecule is O=C1CCN(c2ccc(Br)c(Cl)c2Cl)C1=O. The van der Waals surface area contributed by atoms with Crippen molar-refractivity contribution in [2.45, 2.75) is 6.42 Å². The highest BCUT2D eigenvalue weighted by Gasteiger charge is 2.32. The number of hydrogen-bond donors (Lipinski definition) is 0. The second-order valence-corrected chi connectivity index (χ2v) is 4.93. The number of carbonyl (C=O) groups is 2. The van der Waals surface area contributed by atoms with E-state index < -0.39 is 11.7 Å². The van der Waals surface area contributed by atoms with Gasteiger partial charge in [0.15, 0.2) is 0 Å². The summed E-state index contributed by atoms with van der Waals surface area (Å²) in [4.78, 5) is 24.0. The van der Waals surface area contributed by atoms with Crippen LogP contribution in [-0.2, 0) is 9.59 Å². The Bertz CT molecular complexity index is 490. The molecule has 84 valence electrons. The summed E-state index contributed by atoms with van der Waals surface area (Å²) in [5.41, 5.74) is 0.478. The van der Waals surface area contributed by atoms with Gasteiger partial charge in [0.05, 0.1) is 15.7 Å². The summed E-state index contributed by atoms with van der Waals surface area (Å²) in [6, 6.07) is 3.36. The molecule has 1 amide bonds. The van der Waals surface area contributed by atoms with Crippen LogP contribution in [0.3, 0.4) is 0 Å². The van der Waals surface area contributed by atoms with Gasteiger partial charge in [0, 0.05) is 17.4 Å². The zero-order chi connectivity index (χ0) is 11.9. The highest BCUT2D eigenvalue weighted by Crippen LogP contribution is 2.38. The fourth-order valence-electron chi connectivity index (χ4n) is 1.53. The van der Waals surface area contributed by atoms with Crippen molar-refractivity contribution in [3.8, 4) is 0 Å². The fraction of sp³-hybridized carbons (Fsp3) is 0.200. The fourth-order valence-corrected chi connectivity index (χ4v) is 2.40. The molecule has 0 atom stereocenters. The Balaban J connectivity index is 2.46. The van der Waals surface area contributed by atoms with E-state index in [1.807, 2.05) is 0 Å². The predicted octanol–water partition coefficient (Wildman–Crippen LogP) is 3.06.